The lowest BCUT2D eigenvalue weighted by molar-refractivity contribution is 0.101. The SMILES string of the molecule is CCc1ccc(NC(=O)c2nc(-c3cccs3)n(-c3cccc(F)c3)n2)cc1S(N)(=O)=O. The highest BCUT2D eigenvalue weighted by molar-refractivity contribution is 7.89. The number of primary sulfonamides is 1. The second-order valence-electron chi connectivity index (χ2n) is 6.80. The van der Waals surface area contributed by atoms with Crippen LogP contribution in [0.4, 0.5) is 10.1 Å². The number of hydrogen-bond donors (Lipinski definition) is 2. The molecule has 11 heteroatoms. The number of nitrogens with one attached hydrogen (secondary N) is 1. The summed E-state index contributed by atoms with van der Waals surface area (Å²) in [5, 5.41) is 14.0. The van der Waals surface area contributed by atoms with E-state index < -0.39 is 21.7 Å². The molecule has 0 spiro atoms. The van der Waals surface area contributed by atoms with E-state index in [1.165, 1.54) is 40.3 Å². The van der Waals surface area contributed by atoms with Crippen molar-refractivity contribution in [2.75, 3.05) is 5.32 Å². The maximum atomic E-state index is 13.8. The van der Waals surface area contributed by atoms with Crippen molar-refractivity contribution in [1.82, 2.24) is 14.8 Å². The fraction of sp³-hybridized carbons (Fsp3) is 0.0952. The average Bonchev–Trinajstić information content (AvgIpc) is 3.43. The topological polar surface area (TPSA) is 120 Å². The van der Waals surface area contributed by atoms with Gasteiger partial charge in [-0.05, 0) is 53.8 Å². The van der Waals surface area contributed by atoms with Gasteiger partial charge >= 0.3 is 0 Å². The monoisotopic (exact) mass is 471 g/mol. The summed E-state index contributed by atoms with van der Waals surface area (Å²) in [6.07, 6.45) is 0.462. The molecular formula is C21H18FN5O3S2. The number of nitrogens with zero attached hydrogens (tertiary/aromatic N) is 3. The first-order chi connectivity index (χ1) is 15.3. The van der Waals surface area contributed by atoms with Gasteiger partial charge in [0.05, 0.1) is 15.5 Å². The Balaban J connectivity index is 1.72. The Bertz CT molecular complexity index is 1400. The summed E-state index contributed by atoms with van der Waals surface area (Å²) < 4.78 is 39.0. The molecular weight excluding hydrogens is 453 g/mol. The van der Waals surface area contributed by atoms with Gasteiger partial charge in [0.15, 0.2) is 5.82 Å². The van der Waals surface area contributed by atoms with E-state index in [-0.39, 0.29) is 16.4 Å². The number of benzene rings is 2. The van der Waals surface area contributed by atoms with Gasteiger partial charge in [0.25, 0.3) is 5.91 Å². The molecule has 0 fully saturated rings. The Labute approximate surface area is 187 Å². The third-order valence-electron chi connectivity index (χ3n) is 4.62. The summed E-state index contributed by atoms with van der Waals surface area (Å²) in [6.45, 7) is 1.80. The maximum absolute atomic E-state index is 13.8. The van der Waals surface area contributed by atoms with Crippen LogP contribution in [0.5, 0.6) is 0 Å². The van der Waals surface area contributed by atoms with E-state index in [1.807, 2.05) is 17.5 Å². The minimum atomic E-state index is -3.96. The van der Waals surface area contributed by atoms with Crippen LogP contribution in [0.15, 0.2) is 64.9 Å². The molecule has 1 amide bonds. The van der Waals surface area contributed by atoms with Crippen molar-refractivity contribution >= 4 is 33.0 Å². The number of amides is 1. The molecule has 4 rings (SSSR count). The van der Waals surface area contributed by atoms with Gasteiger partial charge in [-0.1, -0.05) is 25.1 Å². The number of aryl methyl sites for hydroxylation is 1. The molecule has 0 aliphatic rings. The second kappa shape index (κ2) is 8.61. The van der Waals surface area contributed by atoms with E-state index in [2.05, 4.69) is 15.4 Å². The quantitative estimate of drug-likeness (QED) is 0.445. The van der Waals surface area contributed by atoms with Gasteiger partial charge in [0.2, 0.25) is 15.8 Å². The minimum Gasteiger partial charge on any atom is -0.319 e. The highest BCUT2D eigenvalue weighted by atomic mass is 32.2. The van der Waals surface area contributed by atoms with Crippen LogP contribution >= 0.6 is 11.3 Å². The molecule has 164 valence electrons. The van der Waals surface area contributed by atoms with Crippen LogP contribution in [0.25, 0.3) is 16.4 Å². The summed E-state index contributed by atoms with van der Waals surface area (Å²) in [5.74, 6) is -0.882. The molecule has 4 aromatic rings. The van der Waals surface area contributed by atoms with Gasteiger partial charge < -0.3 is 5.32 Å². The van der Waals surface area contributed by atoms with E-state index in [9.17, 15) is 17.6 Å². The number of carbonyl (C=O) groups is 1. The molecule has 2 heterocycles. The molecule has 0 unspecified atom stereocenters. The van der Waals surface area contributed by atoms with E-state index >= 15 is 0 Å². The van der Waals surface area contributed by atoms with Crippen molar-refractivity contribution in [3.63, 3.8) is 0 Å². The number of aromatic nitrogens is 3. The standard InChI is InChI=1S/C21H18FN5O3S2/c1-2-13-8-9-15(12-18(13)32(23,29)30)24-21(28)19-25-20(17-7-4-10-31-17)27(26-19)16-6-3-5-14(22)11-16/h3-12H,2H2,1H3,(H,24,28)(H2,23,29,30). The number of carbonyl (C=O) groups excluding carboxylic acids is 1. The predicted molar refractivity (Wildman–Crippen MR) is 120 cm³/mol. The summed E-state index contributed by atoms with van der Waals surface area (Å²) in [4.78, 5) is 17.9. The first kappa shape index (κ1) is 21.8. The zero-order chi connectivity index (χ0) is 22.9. The molecule has 0 bridgehead atoms. The fourth-order valence-electron chi connectivity index (χ4n) is 3.14. The molecule has 32 heavy (non-hydrogen) atoms. The van der Waals surface area contributed by atoms with Crippen molar-refractivity contribution in [2.24, 2.45) is 5.14 Å². The van der Waals surface area contributed by atoms with Crippen molar-refractivity contribution in [1.29, 1.82) is 0 Å². The Hall–Kier alpha value is -3.41. The first-order valence-electron chi connectivity index (χ1n) is 9.50. The summed E-state index contributed by atoms with van der Waals surface area (Å²) in [7, 11) is -3.96. The molecule has 2 aromatic heterocycles. The molecule has 0 saturated carbocycles. The summed E-state index contributed by atoms with van der Waals surface area (Å²) in [5.41, 5.74) is 1.18. The first-order valence-corrected chi connectivity index (χ1v) is 11.9. The highest BCUT2D eigenvalue weighted by Gasteiger charge is 2.21. The Kier molecular flexibility index (Phi) is 5.87. The fourth-order valence-corrected chi connectivity index (χ4v) is 4.71. The lowest BCUT2D eigenvalue weighted by Crippen LogP contribution is -2.17. The molecule has 0 radical (unpaired) electrons. The number of sulfonamides is 1. The third kappa shape index (κ3) is 4.44. The molecule has 0 atom stereocenters. The van der Waals surface area contributed by atoms with Crippen LogP contribution in [0.1, 0.15) is 23.1 Å². The number of hydrogen-bond acceptors (Lipinski definition) is 6. The summed E-state index contributed by atoms with van der Waals surface area (Å²) in [6, 6.07) is 13.9. The van der Waals surface area contributed by atoms with Gasteiger partial charge in [-0.3, -0.25) is 4.79 Å². The van der Waals surface area contributed by atoms with Gasteiger partial charge in [-0.25, -0.2) is 27.6 Å². The van der Waals surface area contributed by atoms with Crippen LogP contribution in [-0.4, -0.2) is 29.1 Å². The average molecular weight is 472 g/mol. The Morgan fingerprint density at radius 1 is 1.19 bits per heavy atom. The number of nitrogens with two attached hydrogens (primary N) is 1. The van der Waals surface area contributed by atoms with Crippen LogP contribution in [0.2, 0.25) is 0 Å². The number of thiophene rings is 1. The van der Waals surface area contributed by atoms with Crippen LogP contribution in [-0.2, 0) is 16.4 Å². The predicted octanol–water partition coefficient (Wildman–Crippen LogP) is 3.60. The molecule has 0 aliphatic heterocycles. The van der Waals surface area contributed by atoms with Gasteiger partial charge in [0, 0.05) is 5.69 Å². The van der Waals surface area contributed by atoms with Crippen molar-refractivity contribution < 1.29 is 17.6 Å². The molecule has 0 saturated heterocycles. The zero-order valence-electron chi connectivity index (χ0n) is 16.8. The lowest BCUT2D eigenvalue weighted by Gasteiger charge is -2.09. The largest absolute Gasteiger partial charge is 0.319 e. The van der Waals surface area contributed by atoms with Gasteiger partial charge in [-0.2, -0.15) is 0 Å². The zero-order valence-corrected chi connectivity index (χ0v) is 18.5. The molecule has 3 N–H and O–H groups in total. The second-order valence-corrected chi connectivity index (χ2v) is 9.28. The molecule has 0 aliphatic carbocycles. The Morgan fingerprint density at radius 3 is 2.66 bits per heavy atom. The number of anilines is 1. The van der Waals surface area contributed by atoms with Crippen LogP contribution in [0, 0.1) is 5.82 Å². The molecule has 8 nitrogen and oxygen atoms in total. The summed E-state index contributed by atoms with van der Waals surface area (Å²) >= 11 is 1.40. The number of rotatable bonds is 6. The van der Waals surface area contributed by atoms with E-state index in [0.717, 1.165) is 4.88 Å². The van der Waals surface area contributed by atoms with Gasteiger partial charge in [0.1, 0.15) is 5.82 Å². The number of halogens is 1. The Morgan fingerprint density at radius 2 is 2.00 bits per heavy atom. The highest BCUT2D eigenvalue weighted by Crippen LogP contribution is 2.26. The third-order valence-corrected chi connectivity index (χ3v) is 6.48. The lowest BCUT2D eigenvalue weighted by atomic mass is 10.1. The van der Waals surface area contributed by atoms with Gasteiger partial charge in [-0.15, -0.1) is 16.4 Å². The van der Waals surface area contributed by atoms with E-state index in [1.54, 1.807) is 25.1 Å². The van der Waals surface area contributed by atoms with E-state index in [0.29, 0.717) is 23.5 Å². The van der Waals surface area contributed by atoms with Crippen molar-refractivity contribution in [3.8, 4) is 16.4 Å². The van der Waals surface area contributed by atoms with Crippen LogP contribution < -0.4 is 10.5 Å². The van der Waals surface area contributed by atoms with E-state index in [4.69, 9.17) is 5.14 Å². The molecule has 2 aromatic carbocycles. The van der Waals surface area contributed by atoms with Crippen molar-refractivity contribution in [2.45, 2.75) is 18.2 Å². The normalized spacial score (nSPS) is 11.5. The minimum absolute atomic E-state index is 0.0599. The smallest absolute Gasteiger partial charge is 0.295 e. The van der Waals surface area contributed by atoms with Crippen molar-refractivity contribution in [3.05, 3.63) is 77.2 Å². The maximum Gasteiger partial charge on any atom is 0.295 e. The van der Waals surface area contributed by atoms with Crippen LogP contribution in [0.3, 0.4) is 0 Å².